The summed E-state index contributed by atoms with van der Waals surface area (Å²) in [6.07, 6.45) is -1.94. The molecule has 3 fully saturated rings. The summed E-state index contributed by atoms with van der Waals surface area (Å²) in [5.41, 5.74) is 1.71. The Kier molecular flexibility index (Phi) is 9.31. The molecular formula is C34H35F3N2O6. The Balaban J connectivity index is 0.000000515. The van der Waals surface area contributed by atoms with E-state index in [0.29, 0.717) is 28.7 Å². The second-order valence-corrected chi connectivity index (χ2v) is 12.1. The number of hydrogen-bond acceptors (Lipinski definition) is 6. The quantitative estimate of drug-likeness (QED) is 0.309. The molecule has 0 aromatic heterocycles. The molecule has 8 nitrogen and oxygen atoms in total. The fourth-order valence-corrected chi connectivity index (χ4v) is 6.80. The maximum atomic E-state index is 13.7. The zero-order chi connectivity index (χ0) is 32.2. The number of rotatable bonds is 7. The zero-order valence-electron chi connectivity index (χ0n) is 24.5. The highest BCUT2D eigenvalue weighted by Crippen LogP contribution is 2.38. The minimum atomic E-state index is -5.19. The first-order valence-electron chi connectivity index (χ1n) is 14.9. The Hall–Kier alpha value is -4.22. The average Bonchev–Trinajstić information content (AvgIpc) is 3.43. The number of benzene rings is 3. The number of carbonyl (C=O) groups is 3. The number of fused-ring (bicyclic) bond motifs is 4. The fourth-order valence-electron chi connectivity index (χ4n) is 6.80. The van der Waals surface area contributed by atoms with Gasteiger partial charge in [-0.25, -0.2) is 4.79 Å². The highest BCUT2D eigenvalue weighted by atomic mass is 19.4. The number of alkyl halides is 3. The highest BCUT2D eigenvalue weighted by Gasteiger charge is 2.51. The van der Waals surface area contributed by atoms with Crippen LogP contribution in [0, 0.1) is 5.92 Å². The van der Waals surface area contributed by atoms with Crippen molar-refractivity contribution in [3.63, 3.8) is 0 Å². The summed E-state index contributed by atoms with van der Waals surface area (Å²) in [6.45, 7) is 2.83. The Bertz CT molecular complexity index is 1440. The summed E-state index contributed by atoms with van der Waals surface area (Å²) in [7, 11) is 0. The number of carboxylic acids is 1. The van der Waals surface area contributed by atoms with Crippen molar-refractivity contribution in [1.82, 2.24) is 5.32 Å². The summed E-state index contributed by atoms with van der Waals surface area (Å²) in [6, 6.07) is 26.5. The SMILES string of the molecule is O=C(C[N+]12CCC(CC1)[C@@H](OC(=O)C(O)(c1ccccc1)c1ccccc1)C2)NC1Cc2ccccc2C1.O=C([O-])C(F)(F)F. The molecule has 0 saturated carbocycles. The largest absolute Gasteiger partial charge is 0.542 e. The molecule has 0 unspecified atom stereocenters. The van der Waals surface area contributed by atoms with E-state index in [-0.39, 0.29) is 24.0 Å². The van der Waals surface area contributed by atoms with Gasteiger partial charge >= 0.3 is 12.1 Å². The van der Waals surface area contributed by atoms with Gasteiger partial charge in [-0.1, -0.05) is 84.9 Å². The van der Waals surface area contributed by atoms with Gasteiger partial charge in [-0.05, 0) is 35.1 Å². The second kappa shape index (κ2) is 13.0. The fraction of sp³-hybridized carbons (Fsp3) is 0.382. The van der Waals surface area contributed by atoms with E-state index in [4.69, 9.17) is 14.6 Å². The van der Waals surface area contributed by atoms with Crippen molar-refractivity contribution in [3.8, 4) is 0 Å². The lowest BCUT2D eigenvalue weighted by Crippen LogP contribution is -2.67. The Labute approximate surface area is 259 Å². The van der Waals surface area contributed by atoms with E-state index in [1.54, 1.807) is 24.3 Å². The average molecular weight is 625 g/mol. The number of hydrogen-bond donors (Lipinski definition) is 2. The van der Waals surface area contributed by atoms with Crippen LogP contribution in [0.1, 0.15) is 35.1 Å². The first kappa shape index (κ1) is 32.2. The van der Waals surface area contributed by atoms with Gasteiger partial charge in [0.25, 0.3) is 5.91 Å². The number of carbonyl (C=O) groups excluding carboxylic acids is 3. The molecule has 238 valence electrons. The molecule has 3 saturated heterocycles. The molecule has 0 spiro atoms. The number of carboxylic acid groups (broad SMARTS) is 1. The van der Waals surface area contributed by atoms with E-state index in [2.05, 4.69) is 29.6 Å². The summed E-state index contributed by atoms with van der Waals surface area (Å²) in [4.78, 5) is 35.7. The normalized spacial score (nSPS) is 22.5. The van der Waals surface area contributed by atoms with Crippen molar-refractivity contribution in [2.24, 2.45) is 5.92 Å². The molecule has 0 radical (unpaired) electrons. The molecule has 4 aliphatic rings. The third-order valence-electron chi connectivity index (χ3n) is 9.11. The van der Waals surface area contributed by atoms with Crippen LogP contribution in [0.15, 0.2) is 84.9 Å². The van der Waals surface area contributed by atoms with Crippen LogP contribution < -0.4 is 10.4 Å². The standard InChI is InChI=1S/C32H34N2O4.C2HF3O2/c35-30(33-28-19-24-9-7-8-10-25(24)20-28)22-34-17-15-23(16-18-34)29(21-34)38-31(36)32(37,26-11-3-1-4-12-26)27-13-5-2-6-14-27;3-2(4,5)1(6)7/h1-14,23,28-29,37H,15-22H2;(H,6,7)/t23?,29-,34?;/m0./s1. The number of aliphatic carboxylic acids is 1. The van der Waals surface area contributed by atoms with E-state index in [9.17, 15) is 27.9 Å². The highest BCUT2D eigenvalue weighted by molar-refractivity contribution is 5.85. The van der Waals surface area contributed by atoms with Gasteiger partial charge in [-0.15, -0.1) is 0 Å². The van der Waals surface area contributed by atoms with Crippen molar-refractivity contribution < 1.29 is 47.0 Å². The van der Waals surface area contributed by atoms with Crippen molar-refractivity contribution in [1.29, 1.82) is 0 Å². The van der Waals surface area contributed by atoms with Crippen LogP contribution in [0.2, 0.25) is 0 Å². The molecule has 3 aromatic carbocycles. The molecule has 3 heterocycles. The number of halogens is 3. The van der Waals surface area contributed by atoms with Crippen LogP contribution in [-0.4, -0.2) is 71.9 Å². The van der Waals surface area contributed by atoms with Gasteiger partial charge in [0.15, 0.2) is 12.6 Å². The van der Waals surface area contributed by atoms with Gasteiger partial charge in [0.05, 0.1) is 13.1 Å². The molecule has 45 heavy (non-hydrogen) atoms. The molecule has 3 aliphatic heterocycles. The third-order valence-corrected chi connectivity index (χ3v) is 9.11. The van der Waals surface area contributed by atoms with Crippen molar-refractivity contribution in [2.75, 3.05) is 26.2 Å². The van der Waals surface area contributed by atoms with E-state index in [0.717, 1.165) is 38.8 Å². The van der Waals surface area contributed by atoms with Gasteiger partial charge in [-0.2, -0.15) is 13.2 Å². The summed E-state index contributed by atoms with van der Waals surface area (Å²) in [5, 5.41) is 23.9. The topological polar surface area (TPSA) is 116 Å². The molecular weight excluding hydrogens is 589 g/mol. The van der Waals surface area contributed by atoms with E-state index in [1.165, 1.54) is 11.1 Å². The molecule has 1 aliphatic carbocycles. The van der Waals surface area contributed by atoms with E-state index in [1.807, 2.05) is 36.4 Å². The number of amides is 1. The van der Waals surface area contributed by atoms with Crippen LogP contribution in [-0.2, 0) is 37.6 Å². The van der Waals surface area contributed by atoms with Gasteiger partial charge in [0.2, 0.25) is 5.60 Å². The van der Waals surface area contributed by atoms with Crippen LogP contribution in [0.25, 0.3) is 0 Å². The van der Waals surface area contributed by atoms with Gasteiger partial charge in [-0.3, -0.25) is 4.79 Å². The predicted molar refractivity (Wildman–Crippen MR) is 155 cm³/mol. The summed E-state index contributed by atoms with van der Waals surface area (Å²) in [5.74, 6) is -3.34. The number of ether oxygens (including phenoxy) is 1. The maximum Gasteiger partial charge on any atom is 0.430 e. The second-order valence-electron chi connectivity index (χ2n) is 12.1. The molecule has 3 aromatic rings. The Morgan fingerprint density at radius 1 is 0.844 bits per heavy atom. The minimum absolute atomic E-state index is 0.0679. The number of quaternary nitrogens is 1. The predicted octanol–water partition coefficient (Wildman–Crippen LogP) is 2.66. The van der Waals surface area contributed by atoms with Crippen LogP contribution in [0.4, 0.5) is 13.2 Å². The van der Waals surface area contributed by atoms with Gasteiger partial charge in [0.1, 0.15) is 12.5 Å². The lowest BCUT2D eigenvalue weighted by molar-refractivity contribution is -0.939. The number of piperidine rings is 3. The number of nitrogens with one attached hydrogen (secondary N) is 1. The van der Waals surface area contributed by atoms with Crippen LogP contribution in [0.3, 0.4) is 0 Å². The lowest BCUT2D eigenvalue weighted by atomic mass is 9.82. The van der Waals surface area contributed by atoms with Gasteiger partial charge < -0.3 is 29.5 Å². The number of nitrogens with zero attached hydrogens (tertiary/aromatic N) is 1. The lowest BCUT2D eigenvalue weighted by Gasteiger charge is -2.51. The number of aliphatic hydroxyl groups is 1. The molecule has 2 N–H and O–H groups in total. The smallest absolute Gasteiger partial charge is 0.430 e. The molecule has 2 bridgehead atoms. The summed E-state index contributed by atoms with van der Waals surface area (Å²) < 4.78 is 38.3. The number of esters is 1. The first-order valence-corrected chi connectivity index (χ1v) is 14.9. The Morgan fingerprint density at radius 2 is 1.31 bits per heavy atom. The molecule has 1 amide bonds. The van der Waals surface area contributed by atoms with Crippen LogP contribution >= 0.6 is 0 Å². The van der Waals surface area contributed by atoms with E-state index < -0.39 is 23.7 Å². The van der Waals surface area contributed by atoms with Gasteiger partial charge in [0, 0.05) is 24.8 Å². The van der Waals surface area contributed by atoms with Crippen molar-refractivity contribution in [3.05, 3.63) is 107 Å². The minimum Gasteiger partial charge on any atom is -0.542 e. The van der Waals surface area contributed by atoms with Crippen LogP contribution in [0.5, 0.6) is 0 Å². The first-order chi connectivity index (χ1) is 21.4. The molecule has 7 rings (SSSR count). The maximum absolute atomic E-state index is 13.7. The van der Waals surface area contributed by atoms with Crippen molar-refractivity contribution >= 4 is 17.8 Å². The molecule has 1 atom stereocenters. The molecule has 11 heteroatoms. The van der Waals surface area contributed by atoms with Crippen molar-refractivity contribution in [2.45, 2.75) is 49.6 Å². The third kappa shape index (κ3) is 7.20. The van der Waals surface area contributed by atoms with E-state index >= 15 is 0 Å². The summed E-state index contributed by atoms with van der Waals surface area (Å²) >= 11 is 0. The Morgan fingerprint density at radius 3 is 1.78 bits per heavy atom. The zero-order valence-corrected chi connectivity index (χ0v) is 24.5. The monoisotopic (exact) mass is 624 g/mol.